The summed E-state index contributed by atoms with van der Waals surface area (Å²) >= 11 is 0. The smallest absolute Gasteiger partial charge is 0.262 e. The molecule has 0 heterocycles. The van der Waals surface area contributed by atoms with Crippen LogP contribution in [0, 0.1) is 0 Å². The minimum Gasteiger partial charge on any atom is -0.497 e. The lowest BCUT2D eigenvalue weighted by molar-refractivity contribution is 0.0729. The molecule has 0 bridgehead atoms. The topological polar surface area (TPSA) is 84.9 Å². The number of carbonyl (C=O) groups is 1. The Morgan fingerprint density at radius 3 is 2.36 bits per heavy atom. The van der Waals surface area contributed by atoms with E-state index >= 15 is 0 Å². The van der Waals surface area contributed by atoms with Gasteiger partial charge < -0.3 is 14.4 Å². The van der Waals surface area contributed by atoms with Crippen LogP contribution in [0.5, 0.6) is 11.5 Å². The van der Waals surface area contributed by atoms with Crippen LogP contribution < -0.4 is 14.2 Å². The average molecular weight is 467 g/mol. The maximum atomic E-state index is 13.4. The normalized spacial score (nSPS) is 13.3. The molecule has 3 aromatic carbocycles. The fourth-order valence-corrected chi connectivity index (χ4v) is 4.69. The zero-order valence-electron chi connectivity index (χ0n) is 18.5. The van der Waals surface area contributed by atoms with Gasteiger partial charge in [-0.2, -0.15) is 0 Å². The molecule has 7 nitrogen and oxygen atoms in total. The fraction of sp³-hybridized carbons (Fsp3) is 0.240. The number of nitrogens with one attached hydrogen (secondary N) is 1. The Kier molecular flexibility index (Phi) is 6.55. The molecule has 1 saturated carbocycles. The van der Waals surface area contributed by atoms with Crippen molar-refractivity contribution in [3.8, 4) is 11.5 Å². The second-order valence-corrected chi connectivity index (χ2v) is 9.53. The van der Waals surface area contributed by atoms with Crippen LogP contribution in [0.25, 0.3) is 0 Å². The lowest BCUT2D eigenvalue weighted by Crippen LogP contribution is -2.32. The Bertz CT molecular complexity index is 1240. The van der Waals surface area contributed by atoms with Crippen molar-refractivity contribution in [3.63, 3.8) is 0 Å². The largest absolute Gasteiger partial charge is 0.497 e. The summed E-state index contributed by atoms with van der Waals surface area (Å²) in [5.41, 5.74) is 1.65. The van der Waals surface area contributed by atoms with Gasteiger partial charge in [-0.3, -0.25) is 9.52 Å². The SMILES string of the molecule is COc1ccc(CN(C(=O)c2cccc(S(=O)(=O)Nc3ccccc3OC)c2)C2CC2)cc1. The van der Waals surface area contributed by atoms with Gasteiger partial charge in [0.05, 0.1) is 24.8 Å². The van der Waals surface area contributed by atoms with Gasteiger partial charge >= 0.3 is 0 Å². The first-order valence-electron chi connectivity index (χ1n) is 10.6. The van der Waals surface area contributed by atoms with E-state index in [1.807, 2.05) is 24.3 Å². The van der Waals surface area contributed by atoms with Crippen molar-refractivity contribution < 1.29 is 22.7 Å². The van der Waals surface area contributed by atoms with Crippen LogP contribution in [0.15, 0.2) is 77.7 Å². The molecule has 33 heavy (non-hydrogen) atoms. The number of rotatable bonds is 9. The number of nitrogens with zero attached hydrogens (tertiary/aromatic N) is 1. The molecule has 172 valence electrons. The molecule has 1 aliphatic carbocycles. The first kappa shape index (κ1) is 22.7. The highest BCUT2D eigenvalue weighted by Crippen LogP contribution is 2.31. The third kappa shape index (κ3) is 5.28. The molecule has 8 heteroatoms. The second-order valence-electron chi connectivity index (χ2n) is 7.85. The third-order valence-electron chi connectivity index (χ3n) is 5.50. The van der Waals surface area contributed by atoms with E-state index < -0.39 is 10.0 Å². The van der Waals surface area contributed by atoms with Gasteiger partial charge in [0.15, 0.2) is 0 Å². The number of hydrogen-bond donors (Lipinski definition) is 1. The van der Waals surface area contributed by atoms with Gasteiger partial charge in [0.2, 0.25) is 0 Å². The van der Waals surface area contributed by atoms with E-state index in [1.165, 1.54) is 19.2 Å². The summed E-state index contributed by atoms with van der Waals surface area (Å²) in [5.74, 6) is 0.971. The molecule has 1 N–H and O–H groups in total. The quantitative estimate of drug-likeness (QED) is 0.508. The number of para-hydroxylation sites is 2. The number of sulfonamides is 1. The van der Waals surface area contributed by atoms with E-state index in [9.17, 15) is 13.2 Å². The van der Waals surface area contributed by atoms with E-state index in [1.54, 1.807) is 48.4 Å². The number of benzene rings is 3. The Balaban J connectivity index is 1.56. The number of carbonyl (C=O) groups excluding carboxylic acids is 1. The van der Waals surface area contributed by atoms with Gasteiger partial charge in [0.25, 0.3) is 15.9 Å². The summed E-state index contributed by atoms with van der Waals surface area (Å²) in [5, 5.41) is 0. The average Bonchev–Trinajstić information content (AvgIpc) is 3.68. The summed E-state index contributed by atoms with van der Waals surface area (Å²) < 4.78 is 39.0. The van der Waals surface area contributed by atoms with Gasteiger partial charge in [-0.05, 0) is 60.9 Å². The predicted molar refractivity (Wildman–Crippen MR) is 126 cm³/mol. The van der Waals surface area contributed by atoms with Gasteiger partial charge in [-0.25, -0.2) is 8.42 Å². The van der Waals surface area contributed by atoms with Crippen molar-refractivity contribution in [3.05, 3.63) is 83.9 Å². The Labute approximate surface area is 194 Å². The minimum atomic E-state index is -3.91. The van der Waals surface area contributed by atoms with Gasteiger partial charge in [-0.15, -0.1) is 0 Å². The van der Waals surface area contributed by atoms with Crippen LogP contribution in [0.3, 0.4) is 0 Å². The number of methoxy groups -OCH3 is 2. The fourth-order valence-electron chi connectivity index (χ4n) is 3.58. The van der Waals surface area contributed by atoms with E-state index in [0.29, 0.717) is 23.5 Å². The van der Waals surface area contributed by atoms with Crippen molar-refractivity contribution in [2.24, 2.45) is 0 Å². The zero-order chi connectivity index (χ0) is 23.4. The monoisotopic (exact) mass is 466 g/mol. The van der Waals surface area contributed by atoms with Crippen LogP contribution in [-0.2, 0) is 16.6 Å². The Morgan fingerprint density at radius 1 is 0.970 bits per heavy atom. The summed E-state index contributed by atoms with van der Waals surface area (Å²) in [6, 6.07) is 20.6. The minimum absolute atomic E-state index is 0.0134. The maximum absolute atomic E-state index is 13.4. The van der Waals surface area contributed by atoms with Gasteiger partial charge in [0, 0.05) is 18.2 Å². The number of anilines is 1. The Morgan fingerprint density at radius 2 is 1.70 bits per heavy atom. The molecule has 4 rings (SSSR count). The summed E-state index contributed by atoms with van der Waals surface area (Å²) in [4.78, 5) is 15.2. The number of ether oxygens (including phenoxy) is 2. The first-order chi connectivity index (χ1) is 15.9. The van der Waals surface area contributed by atoms with E-state index in [-0.39, 0.29) is 16.8 Å². The first-order valence-corrected chi connectivity index (χ1v) is 12.1. The Hall–Kier alpha value is -3.52. The lowest BCUT2D eigenvalue weighted by atomic mass is 10.1. The van der Waals surface area contributed by atoms with E-state index in [2.05, 4.69) is 4.72 Å². The highest BCUT2D eigenvalue weighted by atomic mass is 32.2. The molecule has 3 aromatic rings. The molecular formula is C25H26N2O5S. The van der Waals surface area contributed by atoms with Crippen LogP contribution in [0.1, 0.15) is 28.8 Å². The molecule has 0 aromatic heterocycles. The van der Waals surface area contributed by atoms with Crippen molar-refractivity contribution in [2.45, 2.75) is 30.3 Å². The molecule has 0 atom stereocenters. The molecule has 0 unspecified atom stereocenters. The van der Waals surface area contributed by atoms with Gasteiger partial charge in [0.1, 0.15) is 11.5 Å². The van der Waals surface area contributed by atoms with Crippen LogP contribution in [0.2, 0.25) is 0 Å². The van der Waals surface area contributed by atoms with Gasteiger partial charge in [-0.1, -0.05) is 30.3 Å². The highest BCUT2D eigenvalue weighted by molar-refractivity contribution is 7.92. The molecule has 1 fully saturated rings. The molecule has 1 aliphatic rings. The van der Waals surface area contributed by atoms with Crippen LogP contribution in [-0.4, -0.2) is 39.5 Å². The maximum Gasteiger partial charge on any atom is 0.262 e. The molecule has 0 spiro atoms. The second kappa shape index (κ2) is 9.54. The molecule has 0 aliphatic heterocycles. The van der Waals surface area contributed by atoms with Crippen LogP contribution >= 0.6 is 0 Å². The van der Waals surface area contributed by atoms with Crippen LogP contribution in [0.4, 0.5) is 5.69 Å². The molecular weight excluding hydrogens is 440 g/mol. The predicted octanol–water partition coefficient (Wildman–Crippen LogP) is 4.31. The summed E-state index contributed by atoms with van der Waals surface area (Å²) in [6.07, 6.45) is 1.88. The standard InChI is InChI=1S/C25H26N2O5S/c1-31-21-14-10-18(11-15-21)17-27(20-12-13-20)25(28)19-6-5-7-22(16-19)33(29,30)26-23-8-3-4-9-24(23)32-2/h3-11,14-16,20,26H,12-13,17H2,1-2H3. The molecule has 0 saturated heterocycles. The molecule has 1 amide bonds. The molecule has 0 radical (unpaired) electrons. The van der Waals surface area contributed by atoms with Crippen molar-refractivity contribution in [1.82, 2.24) is 4.90 Å². The van der Waals surface area contributed by atoms with Crippen molar-refractivity contribution in [2.75, 3.05) is 18.9 Å². The third-order valence-corrected chi connectivity index (χ3v) is 6.87. The number of hydrogen-bond acceptors (Lipinski definition) is 5. The highest BCUT2D eigenvalue weighted by Gasteiger charge is 2.33. The lowest BCUT2D eigenvalue weighted by Gasteiger charge is -2.23. The number of amides is 1. The van der Waals surface area contributed by atoms with Crippen molar-refractivity contribution >= 4 is 21.6 Å². The summed E-state index contributed by atoms with van der Waals surface area (Å²) in [7, 11) is -0.830. The van der Waals surface area contributed by atoms with Crippen molar-refractivity contribution in [1.29, 1.82) is 0 Å². The zero-order valence-corrected chi connectivity index (χ0v) is 19.3. The van der Waals surface area contributed by atoms with E-state index in [4.69, 9.17) is 9.47 Å². The van der Waals surface area contributed by atoms with E-state index in [0.717, 1.165) is 24.2 Å². The summed E-state index contributed by atoms with van der Waals surface area (Å²) in [6.45, 7) is 0.448.